The number of hydrogen-bond donors (Lipinski definition) is 0. The number of methoxy groups -OCH3 is 1. The van der Waals surface area contributed by atoms with Gasteiger partial charge in [0.25, 0.3) is 5.69 Å². The highest BCUT2D eigenvalue weighted by atomic mass is 79.9. The van der Waals surface area contributed by atoms with Crippen molar-refractivity contribution >= 4 is 60.9 Å². The fourth-order valence-corrected chi connectivity index (χ4v) is 5.82. The second-order valence-corrected chi connectivity index (χ2v) is 12.5. The Morgan fingerprint density at radius 3 is 1.75 bits per heavy atom. The maximum atomic E-state index is 12.8. The summed E-state index contributed by atoms with van der Waals surface area (Å²) in [5.74, 6) is -0.909. The van der Waals surface area contributed by atoms with Crippen LogP contribution < -0.4 is 9.47 Å². The van der Waals surface area contributed by atoms with Crippen LogP contribution in [0.15, 0.2) is 104 Å². The monoisotopic (exact) mass is 839 g/mol. The summed E-state index contributed by atoms with van der Waals surface area (Å²) in [5.41, 5.74) is 1.89. The molecule has 0 spiro atoms. The first kappa shape index (κ1) is 39.5. The van der Waals surface area contributed by atoms with E-state index in [2.05, 4.69) is 42.2 Å². The van der Waals surface area contributed by atoms with Crippen LogP contribution in [0.2, 0.25) is 0 Å². The number of carbonyl (C=O) groups is 2. The Hall–Kier alpha value is -5.28. The second-order valence-electron chi connectivity index (χ2n) is 10.8. The van der Waals surface area contributed by atoms with Gasteiger partial charge in [0, 0.05) is 18.4 Å². The van der Waals surface area contributed by atoms with Crippen molar-refractivity contribution in [3.05, 3.63) is 126 Å². The molecule has 15 heteroatoms. The molecule has 0 saturated carbocycles. The molecule has 0 fully saturated rings. The summed E-state index contributed by atoms with van der Waals surface area (Å²) >= 11 is 6.94. The third-order valence-corrected chi connectivity index (χ3v) is 8.28. The van der Waals surface area contributed by atoms with Gasteiger partial charge in [0.15, 0.2) is 22.9 Å². The zero-order valence-electron chi connectivity index (χ0n) is 28.5. The van der Waals surface area contributed by atoms with Gasteiger partial charge in [0.05, 0.1) is 40.3 Å². The predicted octanol–water partition coefficient (Wildman–Crippen LogP) is 8.28. The van der Waals surface area contributed by atoms with Crippen molar-refractivity contribution in [1.29, 1.82) is 0 Å². The van der Waals surface area contributed by atoms with Crippen molar-refractivity contribution in [2.75, 3.05) is 20.3 Å². The number of benzene rings is 4. The lowest BCUT2D eigenvalue weighted by Crippen LogP contribution is -2.21. The van der Waals surface area contributed by atoms with E-state index in [0.717, 1.165) is 11.1 Å². The average Bonchev–Trinajstić information content (AvgIpc) is 3.12. The topological polar surface area (TPSA) is 157 Å². The molecule has 0 amide bonds. The zero-order chi connectivity index (χ0) is 37.5. The van der Waals surface area contributed by atoms with Crippen LogP contribution in [-0.2, 0) is 54.8 Å². The van der Waals surface area contributed by atoms with Gasteiger partial charge in [0.2, 0.25) is 0 Å². The summed E-state index contributed by atoms with van der Waals surface area (Å²) in [6.07, 6.45) is -0.273. The third-order valence-electron chi connectivity index (χ3n) is 7.07. The van der Waals surface area contributed by atoms with Crippen LogP contribution in [0.3, 0.4) is 0 Å². The van der Waals surface area contributed by atoms with Gasteiger partial charge in [-0.3, -0.25) is 10.1 Å². The first-order valence-electron chi connectivity index (χ1n) is 15.9. The van der Waals surface area contributed by atoms with Crippen molar-refractivity contribution in [3.63, 3.8) is 0 Å². The highest BCUT2D eigenvalue weighted by Crippen LogP contribution is 2.42. The number of ether oxygens (including phenoxy) is 4. The Morgan fingerprint density at radius 2 is 1.25 bits per heavy atom. The molecule has 0 aliphatic carbocycles. The Bertz CT molecular complexity index is 1920. The van der Waals surface area contributed by atoms with Gasteiger partial charge in [-0.2, -0.15) is 0 Å². The van der Waals surface area contributed by atoms with E-state index >= 15 is 0 Å². The van der Waals surface area contributed by atoms with E-state index in [1.165, 1.54) is 19.2 Å². The summed E-state index contributed by atoms with van der Waals surface area (Å²) in [5, 5.41) is 20.4. The average molecular weight is 842 g/mol. The minimum absolute atomic E-state index is 0.00481. The van der Waals surface area contributed by atoms with Gasteiger partial charge in [-0.1, -0.05) is 71.0 Å². The predicted molar refractivity (Wildman–Crippen MR) is 200 cm³/mol. The largest absolute Gasteiger partial charge is 0.492 e. The number of nitro groups is 1. The molecule has 0 aromatic heterocycles. The molecule has 0 atom stereocenters. The van der Waals surface area contributed by atoms with Crippen molar-refractivity contribution in [2.24, 2.45) is 10.3 Å². The molecule has 4 aromatic carbocycles. The molecule has 0 saturated heterocycles. The maximum Gasteiger partial charge on any atom is 0.356 e. The van der Waals surface area contributed by atoms with Crippen LogP contribution in [0, 0.1) is 10.1 Å². The van der Waals surface area contributed by atoms with E-state index in [1.807, 2.05) is 60.7 Å². The van der Waals surface area contributed by atoms with E-state index in [0.29, 0.717) is 14.5 Å². The van der Waals surface area contributed by atoms with Crippen LogP contribution in [0.1, 0.15) is 36.1 Å². The van der Waals surface area contributed by atoms with E-state index in [1.54, 1.807) is 26.0 Å². The Kier molecular flexibility index (Phi) is 15.1. The SMILES string of the molecule is CCOC(=O)/C(Cc1cc(Br)c(OC)c(Oc2cc([N+](=O)[O-])c(C/C(=N/OCc3ccccc3)C(=O)OCC)cc2Br)c1)=N\OCc1ccccc1. The third kappa shape index (κ3) is 11.4. The molecule has 52 heavy (non-hydrogen) atoms. The molecule has 0 aliphatic heterocycles. The van der Waals surface area contributed by atoms with Crippen LogP contribution in [0.4, 0.5) is 5.69 Å². The normalized spacial score (nSPS) is 11.4. The molecule has 0 radical (unpaired) electrons. The Balaban J connectivity index is 1.63. The summed E-state index contributed by atoms with van der Waals surface area (Å²) in [6.45, 7) is 3.74. The van der Waals surface area contributed by atoms with Crippen LogP contribution >= 0.6 is 31.9 Å². The van der Waals surface area contributed by atoms with E-state index in [9.17, 15) is 19.7 Å². The quantitative estimate of drug-likeness (QED) is 0.0413. The number of nitrogens with zero attached hydrogens (tertiary/aromatic N) is 3. The molecule has 4 aromatic rings. The van der Waals surface area contributed by atoms with Crippen molar-refractivity contribution < 1.29 is 43.1 Å². The fraction of sp³-hybridized carbons (Fsp3) is 0.243. The Labute approximate surface area is 316 Å². The first-order chi connectivity index (χ1) is 25.1. The molecule has 13 nitrogen and oxygen atoms in total. The van der Waals surface area contributed by atoms with Gasteiger partial charge >= 0.3 is 11.9 Å². The summed E-state index contributed by atoms with van der Waals surface area (Å²) in [6, 6.07) is 24.5. The molecule has 0 unspecified atom stereocenters. The van der Waals surface area contributed by atoms with Crippen LogP contribution in [0.5, 0.6) is 17.2 Å². The highest BCUT2D eigenvalue weighted by molar-refractivity contribution is 9.11. The standard InChI is InChI=1S/C37H35Br2N3O10/c1-4-48-36(43)30(40-50-22-24-12-8-6-9-13-24)17-26-16-29(39)35(47-3)34(18-26)52-33-21-32(42(45)46)27(19-28(33)38)20-31(37(44)49-5-2)41-51-23-25-14-10-7-11-15-25/h6-16,18-19,21H,4-5,17,20,22-23H2,1-3H3/b40-30-,41-31-. The summed E-state index contributed by atoms with van der Waals surface area (Å²) in [4.78, 5) is 48.2. The number of oxime groups is 2. The molecule has 0 heterocycles. The fourth-order valence-electron chi connectivity index (χ4n) is 4.69. The van der Waals surface area contributed by atoms with Gasteiger partial charge in [-0.05, 0) is 80.6 Å². The maximum absolute atomic E-state index is 12.8. The molecular weight excluding hydrogens is 806 g/mol. The van der Waals surface area contributed by atoms with Gasteiger partial charge in [-0.15, -0.1) is 0 Å². The number of rotatable bonds is 18. The van der Waals surface area contributed by atoms with Crippen molar-refractivity contribution in [2.45, 2.75) is 39.9 Å². The number of esters is 2. The molecule has 0 aliphatic rings. The summed E-state index contributed by atoms with van der Waals surface area (Å²) < 4.78 is 22.9. The minimum Gasteiger partial charge on any atom is -0.492 e. The number of halogens is 2. The minimum atomic E-state index is -0.774. The number of hydrogen-bond acceptors (Lipinski definition) is 12. The lowest BCUT2D eigenvalue weighted by molar-refractivity contribution is -0.385. The van der Waals surface area contributed by atoms with E-state index in [-0.39, 0.29) is 79.2 Å². The molecule has 4 rings (SSSR count). The van der Waals surface area contributed by atoms with Crippen LogP contribution in [0.25, 0.3) is 0 Å². The molecule has 0 bridgehead atoms. The van der Waals surface area contributed by atoms with Crippen molar-refractivity contribution in [1.82, 2.24) is 0 Å². The number of nitro benzene ring substituents is 1. The lowest BCUT2D eigenvalue weighted by atomic mass is 10.1. The molecule has 0 N–H and O–H groups in total. The summed E-state index contributed by atoms with van der Waals surface area (Å²) in [7, 11) is 1.44. The van der Waals surface area contributed by atoms with E-state index < -0.39 is 16.9 Å². The number of carbonyl (C=O) groups excluding carboxylic acids is 2. The van der Waals surface area contributed by atoms with Crippen LogP contribution in [-0.4, -0.2) is 48.6 Å². The van der Waals surface area contributed by atoms with Gasteiger partial charge in [0.1, 0.15) is 19.0 Å². The van der Waals surface area contributed by atoms with Gasteiger partial charge < -0.3 is 28.6 Å². The second kappa shape index (κ2) is 19.9. The Morgan fingerprint density at radius 1 is 0.712 bits per heavy atom. The molecule has 272 valence electrons. The van der Waals surface area contributed by atoms with Crippen molar-refractivity contribution in [3.8, 4) is 17.2 Å². The lowest BCUT2D eigenvalue weighted by Gasteiger charge is -2.16. The molecular formula is C37H35Br2N3O10. The zero-order valence-corrected chi connectivity index (χ0v) is 31.7. The van der Waals surface area contributed by atoms with Gasteiger partial charge in [-0.25, -0.2) is 9.59 Å². The van der Waals surface area contributed by atoms with E-state index in [4.69, 9.17) is 28.6 Å². The smallest absolute Gasteiger partial charge is 0.356 e. The first-order valence-corrected chi connectivity index (χ1v) is 17.5. The highest BCUT2D eigenvalue weighted by Gasteiger charge is 2.25.